The molecule has 0 fully saturated rings. The van der Waals surface area contributed by atoms with Gasteiger partial charge in [-0.3, -0.25) is 24.0 Å². The van der Waals surface area contributed by atoms with E-state index in [0.717, 1.165) is 10.9 Å². The lowest BCUT2D eigenvalue weighted by atomic mass is 10.0. The van der Waals surface area contributed by atoms with Crippen LogP contribution in [0.2, 0.25) is 0 Å². The highest BCUT2D eigenvalue weighted by Crippen LogP contribution is 2.19. The number of rotatable bonds is 18. The van der Waals surface area contributed by atoms with Crippen LogP contribution in [0.5, 0.6) is 0 Å². The van der Waals surface area contributed by atoms with Crippen molar-refractivity contribution in [3.05, 3.63) is 36.0 Å². The van der Waals surface area contributed by atoms with Crippen molar-refractivity contribution < 1.29 is 39.0 Å². The average Bonchev–Trinajstić information content (AvgIpc) is 3.33. The van der Waals surface area contributed by atoms with Crippen LogP contribution in [0, 0.1) is 0 Å². The summed E-state index contributed by atoms with van der Waals surface area (Å²) >= 11 is 1.47. The number of para-hydroxylation sites is 1. The summed E-state index contributed by atoms with van der Waals surface area (Å²) in [7, 11) is 0. The van der Waals surface area contributed by atoms with Crippen molar-refractivity contribution in [3.8, 4) is 0 Å². The Hall–Kier alpha value is -4.11. The van der Waals surface area contributed by atoms with E-state index in [2.05, 4.69) is 20.9 Å². The SMILES string of the molecule is CSCCC(N)C(=O)NC(CCC(=O)O)C(=O)NC(CCC(N)=O)C(=O)NC(Cc1c[nH]c2ccccc12)C(=O)O. The fraction of sp³-hybridized carbons (Fsp3) is 0.462. The molecular weight excluding hydrogens is 556 g/mol. The van der Waals surface area contributed by atoms with Gasteiger partial charge in [-0.25, -0.2) is 4.79 Å². The first-order valence-electron chi connectivity index (χ1n) is 12.9. The van der Waals surface area contributed by atoms with E-state index in [1.807, 2.05) is 18.4 Å². The lowest BCUT2D eigenvalue weighted by Crippen LogP contribution is -2.57. The Morgan fingerprint density at radius 3 is 2.05 bits per heavy atom. The number of primary amides is 1. The third-order valence-corrected chi connectivity index (χ3v) is 6.92. The van der Waals surface area contributed by atoms with E-state index >= 15 is 0 Å². The van der Waals surface area contributed by atoms with Gasteiger partial charge in [0.1, 0.15) is 18.1 Å². The van der Waals surface area contributed by atoms with Crippen LogP contribution in [0.15, 0.2) is 30.5 Å². The van der Waals surface area contributed by atoms with Gasteiger partial charge in [-0.15, -0.1) is 0 Å². The number of hydrogen-bond donors (Lipinski definition) is 8. The van der Waals surface area contributed by atoms with Gasteiger partial charge in [0.15, 0.2) is 0 Å². The minimum atomic E-state index is -1.41. The molecule has 41 heavy (non-hydrogen) atoms. The minimum absolute atomic E-state index is 0.0766. The highest BCUT2D eigenvalue weighted by atomic mass is 32.2. The van der Waals surface area contributed by atoms with Crippen LogP contribution in [-0.4, -0.2) is 86.9 Å². The molecule has 0 saturated heterocycles. The summed E-state index contributed by atoms with van der Waals surface area (Å²) in [6.45, 7) is 0. The molecule has 0 bridgehead atoms. The predicted octanol–water partition coefficient (Wildman–Crippen LogP) is -0.540. The number of aromatic amines is 1. The van der Waals surface area contributed by atoms with Crippen molar-refractivity contribution >= 4 is 58.2 Å². The Balaban J connectivity index is 2.20. The monoisotopic (exact) mass is 592 g/mol. The number of carboxylic acids is 2. The number of amides is 4. The predicted molar refractivity (Wildman–Crippen MR) is 152 cm³/mol. The summed E-state index contributed by atoms with van der Waals surface area (Å²) < 4.78 is 0. The number of carbonyl (C=O) groups excluding carboxylic acids is 4. The van der Waals surface area contributed by atoms with Gasteiger partial charge in [0, 0.05) is 36.4 Å². The molecule has 0 aliphatic rings. The van der Waals surface area contributed by atoms with Crippen LogP contribution in [0.3, 0.4) is 0 Å². The fourth-order valence-corrected chi connectivity index (χ4v) is 4.50. The van der Waals surface area contributed by atoms with E-state index in [-0.39, 0.29) is 25.7 Å². The lowest BCUT2D eigenvalue weighted by Gasteiger charge is -2.25. The first-order valence-corrected chi connectivity index (χ1v) is 14.3. The smallest absolute Gasteiger partial charge is 0.326 e. The van der Waals surface area contributed by atoms with E-state index in [9.17, 15) is 33.9 Å². The van der Waals surface area contributed by atoms with Crippen molar-refractivity contribution in [2.75, 3.05) is 12.0 Å². The van der Waals surface area contributed by atoms with Gasteiger partial charge in [-0.1, -0.05) is 18.2 Å². The third kappa shape index (κ3) is 10.8. The van der Waals surface area contributed by atoms with Crippen LogP contribution >= 0.6 is 11.8 Å². The molecule has 0 spiro atoms. The Labute approximate surface area is 240 Å². The standard InChI is InChI=1S/C26H36N6O8S/c1-41-11-10-16(27)23(36)30-19(7-9-22(34)35)24(37)31-18(6-8-21(28)33)25(38)32-20(26(39)40)12-14-13-29-17-5-3-2-4-15(14)17/h2-5,13,16,18-20,29H,6-12,27H2,1H3,(H2,28,33)(H,30,36)(H,31,37)(H,32,38)(H,34,35)(H,39,40). The molecule has 14 nitrogen and oxygen atoms in total. The summed E-state index contributed by atoms with van der Waals surface area (Å²) in [6, 6.07) is 2.13. The molecule has 10 N–H and O–H groups in total. The highest BCUT2D eigenvalue weighted by Gasteiger charge is 2.31. The van der Waals surface area contributed by atoms with Gasteiger partial charge in [-0.05, 0) is 42.9 Å². The molecule has 4 unspecified atom stereocenters. The maximum atomic E-state index is 13.2. The van der Waals surface area contributed by atoms with E-state index in [0.29, 0.717) is 17.7 Å². The zero-order chi connectivity index (χ0) is 30.5. The quantitative estimate of drug-likeness (QED) is 0.110. The topological polar surface area (TPSA) is 247 Å². The molecule has 0 aliphatic carbocycles. The summed E-state index contributed by atoms with van der Waals surface area (Å²) in [5.74, 6) is -5.19. The molecule has 1 aromatic carbocycles. The molecule has 4 amide bonds. The van der Waals surface area contributed by atoms with Gasteiger partial charge in [0.05, 0.1) is 6.04 Å². The number of aliphatic carboxylic acids is 2. The third-order valence-electron chi connectivity index (χ3n) is 6.28. The number of nitrogens with one attached hydrogen (secondary N) is 4. The number of fused-ring (bicyclic) bond motifs is 1. The van der Waals surface area contributed by atoms with Crippen LogP contribution in [0.1, 0.15) is 37.7 Å². The van der Waals surface area contributed by atoms with E-state index in [1.165, 1.54) is 11.8 Å². The van der Waals surface area contributed by atoms with E-state index in [4.69, 9.17) is 16.6 Å². The second-order valence-corrected chi connectivity index (χ2v) is 10.4. The van der Waals surface area contributed by atoms with E-state index in [1.54, 1.807) is 18.3 Å². The first-order chi connectivity index (χ1) is 19.4. The van der Waals surface area contributed by atoms with Gasteiger partial charge >= 0.3 is 11.9 Å². The number of hydrogen-bond acceptors (Lipinski definition) is 8. The van der Waals surface area contributed by atoms with Gasteiger partial charge in [0.2, 0.25) is 23.6 Å². The Morgan fingerprint density at radius 1 is 0.878 bits per heavy atom. The number of thioether (sulfide) groups is 1. The Morgan fingerprint density at radius 2 is 1.46 bits per heavy atom. The van der Waals surface area contributed by atoms with Crippen LogP contribution in [0.4, 0.5) is 0 Å². The van der Waals surface area contributed by atoms with Crippen molar-refractivity contribution in [2.45, 2.75) is 62.7 Å². The van der Waals surface area contributed by atoms with Gasteiger partial charge in [-0.2, -0.15) is 11.8 Å². The van der Waals surface area contributed by atoms with Gasteiger partial charge < -0.3 is 42.6 Å². The molecule has 1 aromatic heterocycles. The minimum Gasteiger partial charge on any atom is -0.481 e. The van der Waals surface area contributed by atoms with Gasteiger partial charge in [0.25, 0.3) is 0 Å². The number of H-pyrrole nitrogens is 1. The Kier molecular flexibility index (Phi) is 13.1. The molecule has 0 radical (unpaired) electrons. The molecular formula is C26H36N6O8S. The maximum Gasteiger partial charge on any atom is 0.326 e. The van der Waals surface area contributed by atoms with Crippen LogP contribution in [-0.2, 0) is 35.2 Å². The maximum absolute atomic E-state index is 13.2. The normalized spacial score (nSPS) is 13.9. The zero-order valence-electron chi connectivity index (χ0n) is 22.6. The fourth-order valence-electron chi connectivity index (χ4n) is 4.01. The number of aromatic nitrogens is 1. The molecule has 2 rings (SSSR count). The van der Waals surface area contributed by atoms with Crippen LogP contribution in [0.25, 0.3) is 10.9 Å². The van der Waals surface area contributed by atoms with E-state index < -0.39 is 66.2 Å². The van der Waals surface area contributed by atoms with Crippen molar-refractivity contribution in [2.24, 2.45) is 11.5 Å². The van der Waals surface area contributed by atoms with Crippen LogP contribution < -0.4 is 27.4 Å². The summed E-state index contributed by atoms with van der Waals surface area (Å²) in [4.78, 5) is 76.5. The molecule has 0 saturated carbocycles. The highest BCUT2D eigenvalue weighted by molar-refractivity contribution is 7.98. The summed E-state index contributed by atoms with van der Waals surface area (Å²) in [6.07, 6.45) is 2.36. The lowest BCUT2D eigenvalue weighted by molar-refractivity contribution is -0.142. The largest absolute Gasteiger partial charge is 0.481 e. The number of carbonyl (C=O) groups is 6. The zero-order valence-corrected chi connectivity index (χ0v) is 23.4. The van der Waals surface area contributed by atoms with Crippen molar-refractivity contribution in [1.29, 1.82) is 0 Å². The molecule has 1 heterocycles. The average molecular weight is 593 g/mol. The summed E-state index contributed by atoms with van der Waals surface area (Å²) in [5, 5.41) is 26.9. The van der Waals surface area contributed by atoms with Crippen molar-refractivity contribution in [1.82, 2.24) is 20.9 Å². The molecule has 0 aliphatic heterocycles. The number of carboxylic acid groups (broad SMARTS) is 2. The Bertz CT molecular complexity index is 1250. The summed E-state index contributed by atoms with van der Waals surface area (Å²) in [5.41, 5.74) is 12.5. The molecule has 15 heteroatoms. The molecule has 2 aromatic rings. The second kappa shape index (κ2) is 16.2. The molecule has 224 valence electrons. The number of benzene rings is 1. The second-order valence-electron chi connectivity index (χ2n) is 9.41. The number of nitrogens with two attached hydrogens (primary N) is 2. The van der Waals surface area contributed by atoms with Crippen molar-refractivity contribution in [3.63, 3.8) is 0 Å². The first kappa shape index (κ1) is 33.1. The molecule has 4 atom stereocenters.